The van der Waals surface area contributed by atoms with Gasteiger partial charge in [-0.2, -0.15) is 0 Å². The predicted octanol–water partition coefficient (Wildman–Crippen LogP) is 19.0. The molecule has 23 nitrogen and oxygen atoms in total. The second kappa shape index (κ2) is 57.2. The molecule has 26 heteroatoms. The number of nitrogens with zero attached hydrogens (tertiary/aromatic N) is 3. The zero-order chi connectivity index (χ0) is 95.6. The largest absolute Gasteiger partial charge is 0.481 e. The van der Waals surface area contributed by atoms with Crippen molar-refractivity contribution in [2.45, 2.75) is 201 Å². The van der Waals surface area contributed by atoms with Crippen LogP contribution in [0.4, 0.5) is 0 Å². The van der Waals surface area contributed by atoms with Crippen LogP contribution in [0.1, 0.15) is 179 Å². The highest BCUT2D eigenvalue weighted by molar-refractivity contribution is 6.75. The fraction of sp³-hybridized carbons (Fsp3) is 0.398. The van der Waals surface area contributed by atoms with Crippen LogP contribution in [-0.4, -0.2) is 180 Å². The number of amides is 5. The van der Waals surface area contributed by atoms with Gasteiger partial charge in [-0.15, -0.1) is 0 Å². The third-order valence-electron chi connectivity index (χ3n) is 22.8. The van der Waals surface area contributed by atoms with E-state index in [1.165, 1.54) is 44.6 Å². The first-order valence-corrected chi connectivity index (χ1v) is 52.6. The first kappa shape index (κ1) is 110. The lowest BCUT2D eigenvalue weighted by Crippen LogP contribution is -2.43. The summed E-state index contributed by atoms with van der Waals surface area (Å²) in [6, 6.07) is 76.9. The van der Waals surface area contributed by atoms with Crippen LogP contribution in [0.2, 0.25) is 54.4 Å². The summed E-state index contributed by atoms with van der Waals surface area (Å²) in [5.74, 6) is -2.94. The summed E-state index contributed by atoms with van der Waals surface area (Å²) in [6.45, 7) is 38.6. The first-order chi connectivity index (χ1) is 61.1. The van der Waals surface area contributed by atoms with Crippen molar-refractivity contribution in [2.75, 3.05) is 66.9 Å². The van der Waals surface area contributed by atoms with Gasteiger partial charge in [0.2, 0.25) is 17.7 Å². The van der Waals surface area contributed by atoms with Gasteiger partial charge in [-0.25, -0.2) is 20.5 Å². The van der Waals surface area contributed by atoms with Crippen molar-refractivity contribution in [1.82, 2.24) is 25.7 Å². The summed E-state index contributed by atoms with van der Waals surface area (Å²) in [6.07, 6.45) is 7.27. The molecule has 9 aromatic rings. The molecule has 0 aliphatic rings. The number of nitrogens with one attached hydrogen (secondary N) is 2. The molecule has 5 amide bonds. The molecule has 0 aromatic heterocycles. The number of aryl methyl sites for hydroxylation is 2. The number of rotatable bonds is 38. The van der Waals surface area contributed by atoms with E-state index in [2.05, 4.69) is 149 Å². The maximum atomic E-state index is 13.1. The quantitative estimate of drug-likeness (QED) is 0.00621. The van der Waals surface area contributed by atoms with E-state index < -0.39 is 48.7 Å². The van der Waals surface area contributed by atoms with Crippen LogP contribution in [0.25, 0.3) is 0 Å². The number of esters is 2. The number of carboxylic acid groups (broad SMARTS) is 1. The number of benzene rings is 9. The lowest BCUT2D eigenvalue weighted by atomic mass is 10.1. The lowest BCUT2D eigenvalue weighted by molar-refractivity contribution is -0.136. The minimum atomic E-state index is -1.89. The van der Waals surface area contributed by atoms with E-state index in [0.29, 0.717) is 85.4 Å². The molecule has 0 saturated carbocycles. The second-order valence-corrected chi connectivity index (χ2v) is 50.2. The average molecular weight is 1820 g/mol. The molecule has 129 heavy (non-hydrogen) atoms. The molecule has 698 valence electrons. The summed E-state index contributed by atoms with van der Waals surface area (Å²) in [7, 11) is -2.65. The number of methoxy groups -OCH3 is 2. The molecule has 0 spiro atoms. The Kier molecular flexibility index (Phi) is 49.0. The highest BCUT2D eigenvalue weighted by atomic mass is 28.4. The molecular formula is C103H141N5O18Si3. The number of hydrogen-bond acceptors (Lipinski definition) is 17. The summed E-state index contributed by atoms with van der Waals surface area (Å²) in [5.41, 5.74) is 13.7. The van der Waals surface area contributed by atoms with E-state index in [-0.39, 0.29) is 72.6 Å². The summed E-state index contributed by atoms with van der Waals surface area (Å²) in [5, 5.41) is 44.1. The molecule has 0 fully saturated rings. The lowest BCUT2D eigenvalue weighted by Gasteiger charge is -2.37. The molecule has 0 aliphatic heterocycles. The number of aliphatic carboxylic acids is 1. The molecule has 0 atom stereocenters. The van der Waals surface area contributed by atoms with Crippen LogP contribution in [0.5, 0.6) is 0 Å². The maximum absolute atomic E-state index is 13.1. The fourth-order valence-corrected chi connectivity index (χ4v) is 15.0. The van der Waals surface area contributed by atoms with Gasteiger partial charge in [-0.1, -0.05) is 263 Å². The van der Waals surface area contributed by atoms with Crippen molar-refractivity contribution in [3.8, 4) is 0 Å². The third kappa shape index (κ3) is 42.5. The Labute approximate surface area is 768 Å². The molecule has 9 rings (SSSR count). The highest BCUT2D eigenvalue weighted by Crippen LogP contribution is 2.39. The molecule has 7 N–H and O–H groups in total. The number of carboxylic acids is 1. The Morgan fingerprint density at radius 1 is 0.310 bits per heavy atom. The van der Waals surface area contributed by atoms with Gasteiger partial charge in [0.25, 0.3) is 11.8 Å². The maximum Gasteiger partial charge on any atom is 0.337 e. The van der Waals surface area contributed by atoms with E-state index in [1.54, 1.807) is 113 Å². The molecule has 0 heterocycles. The van der Waals surface area contributed by atoms with E-state index in [9.17, 15) is 43.5 Å². The van der Waals surface area contributed by atoms with Gasteiger partial charge in [-0.05, 0) is 192 Å². The van der Waals surface area contributed by atoms with Crippen LogP contribution < -0.4 is 11.0 Å². The number of aliphatic hydroxyl groups is 2. The van der Waals surface area contributed by atoms with Crippen molar-refractivity contribution in [1.29, 1.82) is 0 Å². The topological polar surface area (TPSA) is 318 Å². The second-order valence-electron chi connectivity index (χ2n) is 35.8. The van der Waals surface area contributed by atoms with Crippen LogP contribution in [0, 0.1) is 0 Å². The Bertz CT molecular complexity index is 4600. The van der Waals surface area contributed by atoms with Crippen LogP contribution in [-0.2, 0) is 100 Å². The summed E-state index contributed by atoms with van der Waals surface area (Å²) < 4.78 is 28.0. The van der Waals surface area contributed by atoms with Gasteiger partial charge in [0, 0.05) is 63.6 Å². The summed E-state index contributed by atoms with van der Waals surface area (Å²) >= 11 is 0. The van der Waals surface area contributed by atoms with Crippen molar-refractivity contribution in [2.24, 2.45) is 0 Å². The van der Waals surface area contributed by atoms with Gasteiger partial charge < -0.3 is 52.8 Å². The van der Waals surface area contributed by atoms with Gasteiger partial charge in [0.15, 0.2) is 25.0 Å². The van der Waals surface area contributed by atoms with Crippen molar-refractivity contribution < 1.29 is 86.8 Å². The van der Waals surface area contributed by atoms with Crippen molar-refractivity contribution >= 4 is 72.4 Å². The molecule has 0 bridgehead atoms. The third-order valence-corrected chi connectivity index (χ3v) is 36.4. The normalized spacial score (nSPS) is 11.2. The van der Waals surface area contributed by atoms with Gasteiger partial charge in [-0.3, -0.25) is 39.2 Å². The zero-order valence-electron chi connectivity index (χ0n) is 78.9. The Balaban J connectivity index is 0.000000335. The van der Waals surface area contributed by atoms with Gasteiger partial charge >= 0.3 is 17.9 Å². The number of hydroxylamine groups is 2. The van der Waals surface area contributed by atoms with E-state index in [1.807, 2.05) is 119 Å². The minimum absolute atomic E-state index is 0.00189. The number of carbonyl (C=O) groups is 8. The van der Waals surface area contributed by atoms with Gasteiger partial charge in [0.05, 0.1) is 70.9 Å². The number of unbranched alkanes of at least 4 members (excludes halogenated alkanes) is 2. The Hall–Kier alpha value is -10.9. The van der Waals surface area contributed by atoms with Crippen molar-refractivity contribution in [3.63, 3.8) is 0 Å². The number of aliphatic hydroxyl groups excluding tert-OH is 2. The first-order valence-electron chi connectivity index (χ1n) is 43.9. The van der Waals surface area contributed by atoms with E-state index in [0.717, 1.165) is 59.3 Å². The molecule has 0 aliphatic carbocycles. The number of carbonyl (C=O) groups excluding carboxylic acids is 7. The molecule has 9 aromatic carbocycles. The molecule has 0 unspecified atom stereocenters. The monoisotopic (exact) mass is 1820 g/mol. The summed E-state index contributed by atoms with van der Waals surface area (Å²) in [4.78, 5) is 99.7. The predicted molar refractivity (Wildman–Crippen MR) is 517 cm³/mol. The SMILES string of the molecule is CC(C)(C)[Si](C)(C)OCCCCc1ccccc1.CC(C)(C)[Si](C)(C)OCCN(Cc1ccccc1)C(=O)Cc1ccc(C(=O)NO)cc1.COC(=O)c1ccc(CC(=O)N(CCO[Si](C)(C)C(C)(C)C)Cc2ccccc2)cc1.COC(=O)c1ccc(CC(=O)O)cc1.O=C(NO)c1ccc(CC(=O)N(CCO)Cc2ccccc2)cc1.OCCCCc1ccccc1. The molecule has 0 saturated heterocycles. The molecular weight excluding hydrogens is 1680 g/mol. The Morgan fingerprint density at radius 3 is 0.822 bits per heavy atom. The van der Waals surface area contributed by atoms with Crippen molar-refractivity contribution in [3.05, 3.63) is 321 Å². The molecule has 0 radical (unpaired) electrons. The number of ether oxygens (including phenoxy) is 2. The standard InChI is InChI=1S/C25H35NO4Si.C24H34N2O4Si.C18H20N2O4.C16H28OSi.C10H10O4.C10H14O/c1-25(2,3)31(5,6)30-17-16-26(19-21-10-8-7-9-11-21)23(27)18-20-12-14-22(15-13-20)24(28)29-4;1-24(2,3)31(4,5)30-16-15-26(18-20-9-7-6-8-10-20)22(27)17-19-11-13-21(14-12-19)23(28)25-29;21-11-10-20(13-15-4-2-1-3-5-15)17(22)12-14-6-8-16(9-7-14)18(23)19-24;1-16(2,3)18(4,5)17-14-10-9-13-15-11-7-6-8-12-15;1-14-10(13)8-4-2-7(3-5-8)6-9(11)12;11-9-5-4-8-10-6-2-1-3-7-10/h7-15H,16-19H2,1-6H3;6-14,29H,15-18H2,1-5H3,(H,25,28);1-9,21,24H,10-13H2,(H,19,23);6-8,11-12H,9-10,13-14H2,1-5H3;2-5H,6H2,1H3,(H,11,12);1-3,6-7,11H,4-5,8-9H2. The van der Waals surface area contributed by atoms with E-state index >= 15 is 0 Å². The van der Waals surface area contributed by atoms with Gasteiger partial charge in [0.1, 0.15) is 0 Å². The highest BCUT2D eigenvalue weighted by Gasteiger charge is 2.39. The van der Waals surface area contributed by atoms with Crippen LogP contribution >= 0.6 is 0 Å². The average Bonchev–Trinajstić information content (AvgIpc) is 0.830. The fourth-order valence-electron chi connectivity index (χ4n) is 11.8. The number of hydrogen-bond donors (Lipinski definition) is 7. The van der Waals surface area contributed by atoms with E-state index in [4.69, 9.17) is 38.6 Å². The van der Waals surface area contributed by atoms with Crippen LogP contribution in [0.3, 0.4) is 0 Å². The Morgan fingerprint density at radius 2 is 0.566 bits per heavy atom. The van der Waals surface area contributed by atoms with Crippen LogP contribution in [0.15, 0.2) is 249 Å². The smallest absolute Gasteiger partial charge is 0.337 e. The minimum Gasteiger partial charge on any atom is -0.481 e. The zero-order valence-corrected chi connectivity index (χ0v) is 81.9.